The van der Waals surface area contributed by atoms with Gasteiger partial charge in [0.25, 0.3) is 0 Å². The van der Waals surface area contributed by atoms with Crippen LogP contribution in [0.1, 0.15) is 64.4 Å². The number of ketones is 1. The predicted octanol–water partition coefficient (Wildman–Crippen LogP) is 3.11. The minimum absolute atomic E-state index is 0.0513. The summed E-state index contributed by atoms with van der Waals surface area (Å²) in [5, 5.41) is 3.01. The first-order valence-corrected chi connectivity index (χ1v) is 7.97. The molecule has 1 fully saturated rings. The van der Waals surface area contributed by atoms with Crippen LogP contribution in [0.15, 0.2) is 12.1 Å². The molecule has 0 aliphatic carbocycles. The molecule has 4 nitrogen and oxygen atoms in total. The van der Waals surface area contributed by atoms with Crippen molar-refractivity contribution in [2.45, 2.75) is 38.8 Å². The average Bonchev–Trinajstić information content (AvgIpc) is 3.05. The molecule has 3 N–H and O–H groups in total. The SMILES string of the molecule is CCC(C)C(=O)c1ccc(C(N)=O)c(C(F)(F)F)c1C1CCNC1. The monoisotopic (exact) mass is 342 g/mol. The summed E-state index contributed by atoms with van der Waals surface area (Å²) in [4.78, 5) is 24.1. The average molecular weight is 342 g/mol. The predicted molar refractivity (Wildman–Crippen MR) is 84.0 cm³/mol. The van der Waals surface area contributed by atoms with Gasteiger partial charge >= 0.3 is 6.18 Å². The lowest BCUT2D eigenvalue weighted by atomic mass is 9.82. The molecule has 0 aromatic heterocycles. The van der Waals surface area contributed by atoms with E-state index in [1.165, 1.54) is 6.07 Å². The van der Waals surface area contributed by atoms with E-state index in [-0.39, 0.29) is 16.9 Å². The lowest BCUT2D eigenvalue weighted by Crippen LogP contribution is -2.26. The van der Waals surface area contributed by atoms with Crippen LogP contribution in [0.2, 0.25) is 0 Å². The van der Waals surface area contributed by atoms with Crippen molar-refractivity contribution in [1.82, 2.24) is 5.32 Å². The fraction of sp³-hybridized carbons (Fsp3) is 0.529. The number of amides is 1. The number of carbonyl (C=O) groups is 2. The third-order valence-electron chi connectivity index (χ3n) is 4.59. The molecule has 0 radical (unpaired) electrons. The zero-order valence-electron chi connectivity index (χ0n) is 13.7. The summed E-state index contributed by atoms with van der Waals surface area (Å²) in [5.41, 5.74) is 3.48. The van der Waals surface area contributed by atoms with Gasteiger partial charge in [0.2, 0.25) is 5.91 Å². The van der Waals surface area contributed by atoms with E-state index in [9.17, 15) is 22.8 Å². The van der Waals surface area contributed by atoms with Crippen molar-refractivity contribution in [3.05, 3.63) is 34.4 Å². The van der Waals surface area contributed by atoms with Crippen LogP contribution in [-0.4, -0.2) is 24.8 Å². The maximum atomic E-state index is 13.7. The Bertz CT molecular complexity index is 650. The second-order valence-electron chi connectivity index (χ2n) is 6.17. The van der Waals surface area contributed by atoms with Crippen LogP contribution in [0.4, 0.5) is 13.2 Å². The maximum Gasteiger partial charge on any atom is 0.417 e. The topological polar surface area (TPSA) is 72.2 Å². The Hall–Kier alpha value is -1.89. The zero-order chi connectivity index (χ0) is 18.1. The van der Waals surface area contributed by atoms with Gasteiger partial charge in [-0.05, 0) is 36.9 Å². The van der Waals surface area contributed by atoms with Gasteiger partial charge in [-0.2, -0.15) is 13.2 Å². The number of benzene rings is 1. The number of hydrogen-bond donors (Lipinski definition) is 2. The maximum absolute atomic E-state index is 13.7. The van der Waals surface area contributed by atoms with Gasteiger partial charge in [0.1, 0.15) is 0 Å². The Balaban J connectivity index is 2.76. The van der Waals surface area contributed by atoms with E-state index in [1.54, 1.807) is 6.92 Å². The van der Waals surface area contributed by atoms with Gasteiger partial charge in [-0.15, -0.1) is 0 Å². The quantitative estimate of drug-likeness (QED) is 0.808. The molecule has 0 bridgehead atoms. The number of nitrogens with one attached hydrogen (secondary N) is 1. The molecule has 0 saturated carbocycles. The minimum Gasteiger partial charge on any atom is -0.366 e. The van der Waals surface area contributed by atoms with Gasteiger partial charge in [-0.3, -0.25) is 9.59 Å². The number of Topliss-reactive ketones (excluding diaryl/α,β-unsaturated/α-hetero) is 1. The van der Waals surface area contributed by atoms with E-state index in [2.05, 4.69) is 5.32 Å². The molecule has 1 heterocycles. The summed E-state index contributed by atoms with van der Waals surface area (Å²) < 4.78 is 41.1. The smallest absolute Gasteiger partial charge is 0.366 e. The zero-order valence-corrected chi connectivity index (χ0v) is 13.7. The first-order chi connectivity index (χ1) is 11.2. The molecule has 1 aromatic carbocycles. The van der Waals surface area contributed by atoms with Gasteiger partial charge in [0, 0.05) is 18.0 Å². The van der Waals surface area contributed by atoms with Crippen LogP contribution >= 0.6 is 0 Å². The van der Waals surface area contributed by atoms with Crippen LogP contribution in [0, 0.1) is 5.92 Å². The molecule has 2 atom stereocenters. The van der Waals surface area contributed by atoms with Crippen molar-refractivity contribution in [3.63, 3.8) is 0 Å². The highest BCUT2D eigenvalue weighted by atomic mass is 19.4. The van der Waals surface area contributed by atoms with Crippen LogP contribution in [0.3, 0.4) is 0 Å². The second-order valence-corrected chi connectivity index (χ2v) is 6.17. The highest BCUT2D eigenvalue weighted by Crippen LogP contribution is 2.41. The number of halogens is 3. The molecule has 1 aromatic rings. The molecule has 2 rings (SSSR count). The van der Waals surface area contributed by atoms with Gasteiger partial charge < -0.3 is 11.1 Å². The molecule has 2 unspecified atom stereocenters. The molecule has 0 spiro atoms. The van der Waals surface area contributed by atoms with Crippen LogP contribution < -0.4 is 11.1 Å². The largest absolute Gasteiger partial charge is 0.417 e. The van der Waals surface area contributed by atoms with Crippen molar-refractivity contribution in [1.29, 1.82) is 0 Å². The van der Waals surface area contributed by atoms with Gasteiger partial charge in [-0.1, -0.05) is 19.9 Å². The van der Waals surface area contributed by atoms with Crippen molar-refractivity contribution < 1.29 is 22.8 Å². The molecule has 1 saturated heterocycles. The van der Waals surface area contributed by atoms with E-state index < -0.39 is 35.0 Å². The number of alkyl halides is 3. The molecular weight excluding hydrogens is 321 g/mol. The number of nitrogens with two attached hydrogens (primary N) is 1. The normalized spacial score (nSPS) is 19.3. The molecule has 1 aliphatic rings. The standard InChI is InChI=1S/C17H21F3N2O2/c1-3-9(2)15(23)11-4-5-12(16(21)24)14(17(18,19)20)13(11)10-6-7-22-8-10/h4-5,9-10,22H,3,6-8H2,1-2H3,(H2,21,24). The lowest BCUT2D eigenvalue weighted by molar-refractivity contribution is -0.138. The number of primary amides is 1. The van der Waals surface area contributed by atoms with Crippen molar-refractivity contribution in [2.24, 2.45) is 11.7 Å². The third-order valence-corrected chi connectivity index (χ3v) is 4.59. The molecule has 1 amide bonds. The Morgan fingerprint density at radius 2 is 1.96 bits per heavy atom. The first kappa shape index (κ1) is 18.4. The van der Waals surface area contributed by atoms with Crippen molar-refractivity contribution >= 4 is 11.7 Å². The van der Waals surface area contributed by atoms with Crippen LogP contribution in [0.25, 0.3) is 0 Å². The number of rotatable bonds is 5. The summed E-state index contributed by atoms with van der Waals surface area (Å²) in [6.07, 6.45) is -3.75. The van der Waals surface area contributed by atoms with E-state index in [0.717, 1.165) is 6.07 Å². The summed E-state index contributed by atoms with van der Waals surface area (Å²) in [6, 6.07) is 2.34. The highest BCUT2D eigenvalue weighted by molar-refractivity contribution is 6.02. The highest BCUT2D eigenvalue weighted by Gasteiger charge is 2.41. The Labute approximate surface area is 138 Å². The van der Waals surface area contributed by atoms with Gasteiger partial charge in [-0.25, -0.2) is 0 Å². The third kappa shape index (κ3) is 3.45. The summed E-state index contributed by atoms with van der Waals surface area (Å²) in [7, 11) is 0. The van der Waals surface area contributed by atoms with E-state index in [1.807, 2.05) is 6.92 Å². The van der Waals surface area contributed by atoms with Crippen LogP contribution in [0.5, 0.6) is 0 Å². The summed E-state index contributed by atoms with van der Waals surface area (Å²) >= 11 is 0. The molecule has 132 valence electrons. The van der Waals surface area contributed by atoms with Crippen molar-refractivity contribution in [3.8, 4) is 0 Å². The molecular formula is C17H21F3N2O2. The molecule has 1 aliphatic heterocycles. The second kappa shape index (κ2) is 6.93. The first-order valence-electron chi connectivity index (χ1n) is 7.97. The van der Waals surface area contributed by atoms with Gasteiger partial charge in [0.15, 0.2) is 5.78 Å². The lowest BCUT2D eigenvalue weighted by Gasteiger charge is -2.24. The van der Waals surface area contributed by atoms with E-state index >= 15 is 0 Å². The number of hydrogen-bond acceptors (Lipinski definition) is 3. The summed E-state index contributed by atoms with van der Waals surface area (Å²) in [5.74, 6) is -2.33. The number of carbonyl (C=O) groups excluding carboxylic acids is 2. The van der Waals surface area contributed by atoms with E-state index in [0.29, 0.717) is 25.9 Å². The Morgan fingerprint density at radius 3 is 2.42 bits per heavy atom. The Kier molecular flexibility index (Phi) is 5.32. The Morgan fingerprint density at radius 1 is 1.33 bits per heavy atom. The summed E-state index contributed by atoms with van der Waals surface area (Å²) in [6.45, 7) is 4.40. The minimum atomic E-state index is -4.76. The van der Waals surface area contributed by atoms with Crippen molar-refractivity contribution in [2.75, 3.05) is 13.1 Å². The fourth-order valence-corrected chi connectivity index (χ4v) is 3.12. The van der Waals surface area contributed by atoms with E-state index in [4.69, 9.17) is 5.73 Å². The van der Waals surface area contributed by atoms with Crippen LogP contribution in [-0.2, 0) is 6.18 Å². The fourth-order valence-electron chi connectivity index (χ4n) is 3.12. The molecule has 7 heteroatoms. The molecule has 24 heavy (non-hydrogen) atoms. The van der Waals surface area contributed by atoms with Gasteiger partial charge in [0.05, 0.1) is 11.1 Å².